The topological polar surface area (TPSA) is 60.1 Å². The minimum Gasteiger partial charge on any atom is -0.397 e. The second kappa shape index (κ2) is 3.02. The predicted octanol–water partition coefficient (Wildman–Crippen LogP) is 1.30. The number of nitrogens with zero attached hydrogens (tertiary/aromatic N) is 1. The van der Waals surface area contributed by atoms with Crippen molar-refractivity contribution in [2.45, 2.75) is 37.8 Å². The van der Waals surface area contributed by atoms with Crippen LogP contribution in [0, 0.1) is 0 Å². The summed E-state index contributed by atoms with van der Waals surface area (Å²) in [4.78, 5) is 11.9. The molecular weight excluding hydrogens is 190 g/mol. The Morgan fingerprint density at radius 2 is 2.13 bits per heavy atom. The van der Waals surface area contributed by atoms with Crippen molar-refractivity contribution in [2.75, 3.05) is 5.73 Å². The van der Waals surface area contributed by atoms with Crippen LogP contribution in [0.15, 0.2) is 12.3 Å². The van der Waals surface area contributed by atoms with Crippen molar-refractivity contribution in [1.82, 2.24) is 9.88 Å². The largest absolute Gasteiger partial charge is 0.397 e. The molecule has 0 bridgehead atoms. The third-order valence-corrected chi connectivity index (χ3v) is 2.96. The molecule has 0 saturated heterocycles. The number of aromatic nitrogens is 1. The molecule has 4 nitrogen and oxygen atoms in total. The zero-order valence-corrected chi connectivity index (χ0v) is 8.57. The second-order valence-electron chi connectivity index (χ2n) is 4.54. The average molecular weight is 205 g/mol. The van der Waals surface area contributed by atoms with Crippen molar-refractivity contribution >= 4 is 11.6 Å². The van der Waals surface area contributed by atoms with E-state index in [-0.39, 0.29) is 5.91 Å². The summed E-state index contributed by atoms with van der Waals surface area (Å²) in [6, 6.07) is 2.68. The van der Waals surface area contributed by atoms with Gasteiger partial charge >= 0.3 is 0 Å². The summed E-state index contributed by atoms with van der Waals surface area (Å²) in [6.07, 6.45) is 6.44. The molecule has 2 fully saturated rings. The Morgan fingerprint density at radius 3 is 2.73 bits per heavy atom. The van der Waals surface area contributed by atoms with Gasteiger partial charge in [-0.05, 0) is 31.7 Å². The molecule has 80 valence electrons. The van der Waals surface area contributed by atoms with Crippen molar-refractivity contribution < 1.29 is 4.79 Å². The SMILES string of the molecule is Nc1cc(C(=O)NC2CC2)n(C2CC2)c1. The van der Waals surface area contributed by atoms with Crippen LogP contribution in [0.2, 0.25) is 0 Å². The number of nitrogen functional groups attached to an aromatic ring is 1. The van der Waals surface area contributed by atoms with Crippen LogP contribution >= 0.6 is 0 Å². The van der Waals surface area contributed by atoms with Crippen molar-refractivity contribution in [2.24, 2.45) is 0 Å². The predicted molar refractivity (Wildman–Crippen MR) is 57.6 cm³/mol. The average Bonchev–Trinajstić information content (AvgIpc) is 3.06. The Balaban J connectivity index is 1.84. The maximum atomic E-state index is 11.9. The van der Waals surface area contributed by atoms with Gasteiger partial charge in [-0.1, -0.05) is 0 Å². The van der Waals surface area contributed by atoms with E-state index in [0.29, 0.717) is 17.8 Å². The van der Waals surface area contributed by atoms with E-state index >= 15 is 0 Å². The molecule has 3 rings (SSSR count). The van der Waals surface area contributed by atoms with E-state index in [1.54, 1.807) is 6.07 Å². The third kappa shape index (κ3) is 1.71. The Bertz CT molecular complexity index is 402. The van der Waals surface area contributed by atoms with Crippen molar-refractivity contribution in [3.8, 4) is 0 Å². The molecule has 15 heavy (non-hydrogen) atoms. The Kier molecular flexibility index (Phi) is 1.78. The van der Waals surface area contributed by atoms with Gasteiger partial charge in [-0.25, -0.2) is 0 Å². The molecule has 3 N–H and O–H groups in total. The van der Waals surface area contributed by atoms with Crippen LogP contribution in [0.5, 0.6) is 0 Å². The first-order valence-electron chi connectivity index (χ1n) is 5.52. The summed E-state index contributed by atoms with van der Waals surface area (Å²) in [5, 5.41) is 2.99. The van der Waals surface area contributed by atoms with E-state index in [2.05, 4.69) is 5.32 Å². The van der Waals surface area contributed by atoms with E-state index in [1.807, 2.05) is 10.8 Å². The molecule has 0 radical (unpaired) electrons. The molecule has 2 aliphatic carbocycles. The molecule has 0 atom stereocenters. The van der Waals surface area contributed by atoms with E-state index in [4.69, 9.17) is 5.73 Å². The molecule has 4 heteroatoms. The third-order valence-electron chi connectivity index (χ3n) is 2.96. The van der Waals surface area contributed by atoms with Crippen molar-refractivity contribution in [3.05, 3.63) is 18.0 Å². The van der Waals surface area contributed by atoms with Crippen LogP contribution < -0.4 is 11.1 Å². The number of rotatable bonds is 3. The maximum absolute atomic E-state index is 11.9. The quantitative estimate of drug-likeness (QED) is 0.781. The zero-order valence-electron chi connectivity index (χ0n) is 8.57. The zero-order chi connectivity index (χ0) is 10.4. The summed E-state index contributed by atoms with van der Waals surface area (Å²) >= 11 is 0. The number of carbonyl (C=O) groups is 1. The standard InChI is InChI=1S/C11H15N3O/c12-7-5-10(11(15)13-8-1-2-8)14(6-7)9-3-4-9/h5-6,8-9H,1-4,12H2,(H,13,15). The molecule has 0 aliphatic heterocycles. The van der Waals surface area contributed by atoms with Gasteiger partial charge in [-0.3, -0.25) is 4.79 Å². The van der Waals surface area contributed by atoms with Crippen LogP contribution in [0.3, 0.4) is 0 Å². The molecule has 1 aromatic heterocycles. The van der Waals surface area contributed by atoms with Gasteiger partial charge in [0.15, 0.2) is 0 Å². The van der Waals surface area contributed by atoms with Gasteiger partial charge in [0.1, 0.15) is 5.69 Å². The lowest BCUT2D eigenvalue weighted by Gasteiger charge is -2.07. The highest BCUT2D eigenvalue weighted by Gasteiger charge is 2.30. The molecule has 2 saturated carbocycles. The second-order valence-corrected chi connectivity index (χ2v) is 4.54. The molecule has 2 aliphatic rings. The molecule has 0 aromatic carbocycles. The fraction of sp³-hybridized carbons (Fsp3) is 0.545. The first-order valence-corrected chi connectivity index (χ1v) is 5.52. The Morgan fingerprint density at radius 1 is 1.40 bits per heavy atom. The summed E-state index contributed by atoms with van der Waals surface area (Å²) in [5.41, 5.74) is 7.14. The maximum Gasteiger partial charge on any atom is 0.268 e. The van der Waals surface area contributed by atoms with Gasteiger partial charge in [0.05, 0.1) is 5.69 Å². The molecular formula is C11H15N3O. The van der Waals surface area contributed by atoms with Crippen molar-refractivity contribution in [1.29, 1.82) is 0 Å². The summed E-state index contributed by atoms with van der Waals surface area (Å²) in [6.45, 7) is 0. The fourth-order valence-electron chi connectivity index (χ4n) is 1.82. The first-order chi connectivity index (χ1) is 7.24. The van der Waals surface area contributed by atoms with Crippen LogP contribution in [0.25, 0.3) is 0 Å². The van der Waals surface area contributed by atoms with Crippen LogP contribution in [-0.2, 0) is 0 Å². The Hall–Kier alpha value is -1.45. The number of hydrogen-bond acceptors (Lipinski definition) is 2. The number of nitrogens with two attached hydrogens (primary N) is 1. The van der Waals surface area contributed by atoms with E-state index < -0.39 is 0 Å². The van der Waals surface area contributed by atoms with Gasteiger partial charge in [-0.15, -0.1) is 0 Å². The molecule has 1 amide bonds. The normalized spacial score (nSPS) is 20.3. The van der Waals surface area contributed by atoms with Crippen LogP contribution in [-0.4, -0.2) is 16.5 Å². The first kappa shape index (κ1) is 8.83. The monoisotopic (exact) mass is 205 g/mol. The smallest absolute Gasteiger partial charge is 0.268 e. The minimum absolute atomic E-state index is 0.0288. The van der Waals surface area contributed by atoms with Gasteiger partial charge in [0.2, 0.25) is 0 Å². The van der Waals surface area contributed by atoms with Gasteiger partial charge < -0.3 is 15.6 Å². The van der Waals surface area contributed by atoms with Crippen LogP contribution in [0.4, 0.5) is 5.69 Å². The van der Waals surface area contributed by atoms with Gasteiger partial charge in [0, 0.05) is 18.3 Å². The minimum atomic E-state index is 0.0288. The number of amides is 1. The summed E-state index contributed by atoms with van der Waals surface area (Å²) in [7, 11) is 0. The number of anilines is 1. The molecule has 1 aromatic rings. The fourth-order valence-corrected chi connectivity index (χ4v) is 1.82. The lowest BCUT2D eigenvalue weighted by Crippen LogP contribution is -2.27. The highest BCUT2D eigenvalue weighted by atomic mass is 16.2. The summed E-state index contributed by atoms with van der Waals surface area (Å²) < 4.78 is 2.02. The number of nitrogens with one attached hydrogen (secondary N) is 1. The Labute approximate surface area is 88.4 Å². The molecule has 0 unspecified atom stereocenters. The molecule has 1 heterocycles. The lowest BCUT2D eigenvalue weighted by molar-refractivity contribution is 0.0941. The molecule has 0 spiro atoms. The van der Waals surface area contributed by atoms with Gasteiger partial charge in [-0.2, -0.15) is 0 Å². The summed E-state index contributed by atoms with van der Waals surface area (Å²) in [5.74, 6) is 0.0288. The van der Waals surface area contributed by atoms with Gasteiger partial charge in [0.25, 0.3) is 5.91 Å². The highest BCUT2D eigenvalue weighted by Crippen LogP contribution is 2.37. The van der Waals surface area contributed by atoms with E-state index in [9.17, 15) is 4.79 Å². The number of carbonyl (C=O) groups excluding carboxylic acids is 1. The lowest BCUT2D eigenvalue weighted by atomic mass is 10.3. The van der Waals surface area contributed by atoms with E-state index in [0.717, 1.165) is 31.4 Å². The van der Waals surface area contributed by atoms with Crippen molar-refractivity contribution in [3.63, 3.8) is 0 Å². The number of hydrogen-bond donors (Lipinski definition) is 2. The van der Waals surface area contributed by atoms with E-state index in [1.165, 1.54) is 0 Å². The highest BCUT2D eigenvalue weighted by molar-refractivity contribution is 5.94. The van der Waals surface area contributed by atoms with Crippen LogP contribution in [0.1, 0.15) is 42.2 Å².